The van der Waals surface area contributed by atoms with Crippen molar-refractivity contribution in [1.29, 1.82) is 0 Å². The van der Waals surface area contributed by atoms with Crippen LogP contribution in [-0.2, 0) is 11.2 Å². The lowest BCUT2D eigenvalue weighted by molar-refractivity contribution is -0.122. The number of benzene rings is 1. The molecule has 0 bridgehead atoms. The molecule has 3 heteroatoms. The number of aryl methyl sites for hydroxylation is 1. The van der Waals surface area contributed by atoms with Crippen molar-refractivity contribution in [3.05, 3.63) is 35.4 Å². The molecule has 112 valence electrons. The van der Waals surface area contributed by atoms with E-state index in [1.54, 1.807) is 0 Å². The van der Waals surface area contributed by atoms with Gasteiger partial charge in [0.25, 0.3) is 0 Å². The molecule has 1 amide bonds. The fourth-order valence-corrected chi connectivity index (χ4v) is 4.86. The summed E-state index contributed by atoms with van der Waals surface area (Å²) in [4.78, 5) is 12.5. The number of fused-ring (bicyclic) bond motifs is 3. The van der Waals surface area contributed by atoms with Gasteiger partial charge in [0.15, 0.2) is 0 Å². The highest BCUT2D eigenvalue weighted by Gasteiger charge is 2.56. The van der Waals surface area contributed by atoms with E-state index in [9.17, 15) is 4.79 Å². The average molecular weight is 304 g/mol. The van der Waals surface area contributed by atoms with Crippen LogP contribution < -0.4 is 5.32 Å². The first kappa shape index (κ1) is 13.6. The Hall–Kier alpha value is -1.02. The molecule has 21 heavy (non-hydrogen) atoms. The third kappa shape index (κ3) is 2.38. The number of carbonyl (C=O) groups is 1. The van der Waals surface area contributed by atoms with Gasteiger partial charge in [0.1, 0.15) is 0 Å². The van der Waals surface area contributed by atoms with Crippen LogP contribution >= 0.6 is 11.6 Å². The van der Waals surface area contributed by atoms with Gasteiger partial charge in [-0.15, -0.1) is 11.6 Å². The zero-order valence-electron chi connectivity index (χ0n) is 12.2. The summed E-state index contributed by atoms with van der Waals surface area (Å²) in [5.74, 6) is 2.01. The first-order chi connectivity index (χ1) is 10.3. The minimum atomic E-state index is 0.212. The lowest BCUT2D eigenvalue weighted by atomic mass is 9.92. The molecule has 5 atom stereocenters. The second kappa shape index (κ2) is 5.31. The topological polar surface area (TPSA) is 29.1 Å². The van der Waals surface area contributed by atoms with Crippen molar-refractivity contribution in [2.75, 3.05) is 6.54 Å². The van der Waals surface area contributed by atoms with Crippen LogP contribution in [0.5, 0.6) is 0 Å². The Kier molecular flexibility index (Phi) is 3.45. The quantitative estimate of drug-likeness (QED) is 0.851. The molecular formula is C18H22ClNO. The molecule has 1 N–H and O–H groups in total. The van der Waals surface area contributed by atoms with E-state index in [-0.39, 0.29) is 17.2 Å². The van der Waals surface area contributed by atoms with Crippen molar-refractivity contribution >= 4 is 17.5 Å². The van der Waals surface area contributed by atoms with E-state index in [2.05, 4.69) is 29.6 Å². The average Bonchev–Trinajstić information content (AvgIpc) is 3.12. The number of hydrogen-bond acceptors (Lipinski definition) is 1. The van der Waals surface area contributed by atoms with Gasteiger partial charge in [-0.1, -0.05) is 30.7 Å². The Morgan fingerprint density at radius 3 is 2.90 bits per heavy atom. The zero-order chi connectivity index (χ0) is 14.4. The number of hydrogen-bond donors (Lipinski definition) is 1. The van der Waals surface area contributed by atoms with Gasteiger partial charge in [-0.2, -0.15) is 0 Å². The summed E-state index contributed by atoms with van der Waals surface area (Å²) in [5.41, 5.74) is 2.87. The van der Waals surface area contributed by atoms with Crippen LogP contribution in [0.15, 0.2) is 24.3 Å². The van der Waals surface area contributed by atoms with Gasteiger partial charge in [0, 0.05) is 17.8 Å². The van der Waals surface area contributed by atoms with Crippen molar-refractivity contribution in [2.45, 2.75) is 43.4 Å². The van der Waals surface area contributed by atoms with Crippen molar-refractivity contribution in [2.24, 2.45) is 17.8 Å². The Morgan fingerprint density at radius 1 is 1.24 bits per heavy atom. The van der Waals surface area contributed by atoms with Gasteiger partial charge in [-0.05, 0) is 54.6 Å². The maximum absolute atomic E-state index is 12.5. The smallest absolute Gasteiger partial charge is 0.224 e. The summed E-state index contributed by atoms with van der Waals surface area (Å²) in [6, 6.07) is 8.64. The molecule has 2 nitrogen and oxygen atoms in total. The predicted octanol–water partition coefficient (Wildman–Crippen LogP) is 3.49. The van der Waals surface area contributed by atoms with E-state index in [0.29, 0.717) is 17.8 Å². The molecular weight excluding hydrogens is 282 g/mol. The van der Waals surface area contributed by atoms with E-state index in [0.717, 1.165) is 25.8 Å². The number of amides is 1. The van der Waals surface area contributed by atoms with E-state index >= 15 is 0 Å². The first-order valence-corrected chi connectivity index (χ1v) is 8.69. The van der Waals surface area contributed by atoms with E-state index in [1.165, 1.54) is 24.0 Å². The molecule has 4 rings (SSSR count). The molecule has 0 aromatic heterocycles. The van der Waals surface area contributed by atoms with Crippen LogP contribution in [-0.4, -0.2) is 17.8 Å². The van der Waals surface area contributed by atoms with Crippen LogP contribution in [0, 0.1) is 17.8 Å². The molecule has 3 aliphatic rings. The highest BCUT2D eigenvalue weighted by molar-refractivity contribution is 6.21. The van der Waals surface area contributed by atoms with Gasteiger partial charge in [0.05, 0.1) is 0 Å². The van der Waals surface area contributed by atoms with Crippen molar-refractivity contribution in [3.63, 3.8) is 0 Å². The molecule has 3 aliphatic carbocycles. The number of nitrogens with one attached hydrogen (secondary N) is 1. The molecule has 0 saturated heterocycles. The molecule has 1 aromatic rings. The monoisotopic (exact) mass is 303 g/mol. The molecule has 0 spiro atoms. The van der Waals surface area contributed by atoms with Crippen LogP contribution in [0.4, 0.5) is 0 Å². The standard InChI is InChI=1S/C18H22ClNO/c19-15-7-3-5-12(15)10-20-18(21)17-14-9-8-11-4-1-2-6-13(11)16(14)17/h1-2,4,6,12,14-17H,3,5,7-10H2,(H,20,21). The Balaban J connectivity index is 1.39. The van der Waals surface area contributed by atoms with Gasteiger partial charge in [-0.25, -0.2) is 0 Å². The molecule has 5 unspecified atom stereocenters. The van der Waals surface area contributed by atoms with Gasteiger partial charge in [-0.3, -0.25) is 4.79 Å². The Bertz CT molecular complexity index is 558. The van der Waals surface area contributed by atoms with Gasteiger partial charge in [0.2, 0.25) is 5.91 Å². The number of halogens is 1. The Labute approximate surface area is 131 Å². The minimum Gasteiger partial charge on any atom is -0.356 e. The summed E-state index contributed by atoms with van der Waals surface area (Å²) in [5, 5.41) is 3.44. The zero-order valence-corrected chi connectivity index (χ0v) is 13.0. The normalized spacial score (nSPS) is 36.7. The molecule has 0 heterocycles. The predicted molar refractivity (Wildman–Crippen MR) is 84.5 cm³/mol. The van der Waals surface area contributed by atoms with Crippen molar-refractivity contribution < 1.29 is 4.79 Å². The molecule has 1 aromatic carbocycles. The fraction of sp³-hybridized carbons (Fsp3) is 0.611. The summed E-state index contributed by atoms with van der Waals surface area (Å²) >= 11 is 6.29. The van der Waals surface area contributed by atoms with Crippen LogP contribution in [0.1, 0.15) is 42.7 Å². The lowest BCUT2D eigenvalue weighted by Gasteiger charge is -2.14. The van der Waals surface area contributed by atoms with E-state index in [1.807, 2.05) is 0 Å². The maximum atomic E-state index is 12.5. The van der Waals surface area contributed by atoms with Crippen molar-refractivity contribution in [1.82, 2.24) is 5.32 Å². The third-order valence-electron chi connectivity index (χ3n) is 5.74. The molecule has 2 fully saturated rings. The van der Waals surface area contributed by atoms with Crippen LogP contribution in [0.2, 0.25) is 0 Å². The van der Waals surface area contributed by atoms with Gasteiger partial charge < -0.3 is 5.32 Å². The molecule has 0 aliphatic heterocycles. The Morgan fingerprint density at radius 2 is 2.10 bits per heavy atom. The minimum absolute atomic E-state index is 0.212. The summed E-state index contributed by atoms with van der Waals surface area (Å²) in [7, 11) is 0. The van der Waals surface area contributed by atoms with Crippen LogP contribution in [0.25, 0.3) is 0 Å². The summed E-state index contributed by atoms with van der Waals surface area (Å²) < 4.78 is 0. The SMILES string of the molecule is O=C(NCC1CCCC1Cl)C1C2CCc3ccccc3C21. The van der Waals surface area contributed by atoms with E-state index < -0.39 is 0 Å². The number of carbonyl (C=O) groups excluding carboxylic acids is 1. The second-order valence-corrected chi connectivity index (χ2v) is 7.47. The van der Waals surface area contributed by atoms with Crippen molar-refractivity contribution in [3.8, 4) is 0 Å². The highest BCUT2D eigenvalue weighted by atomic mass is 35.5. The first-order valence-electron chi connectivity index (χ1n) is 8.25. The van der Waals surface area contributed by atoms with Gasteiger partial charge >= 0.3 is 0 Å². The summed E-state index contributed by atoms with van der Waals surface area (Å²) in [6.45, 7) is 0.768. The molecule has 2 saturated carbocycles. The molecule has 0 radical (unpaired) electrons. The second-order valence-electron chi connectivity index (χ2n) is 6.91. The fourth-order valence-electron chi connectivity index (χ4n) is 4.49. The maximum Gasteiger partial charge on any atom is 0.224 e. The third-order valence-corrected chi connectivity index (χ3v) is 6.31. The highest BCUT2D eigenvalue weighted by Crippen LogP contribution is 2.59. The number of alkyl halides is 1. The largest absolute Gasteiger partial charge is 0.356 e. The summed E-state index contributed by atoms with van der Waals surface area (Å²) in [6.07, 6.45) is 5.77. The van der Waals surface area contributed by atoms with E-state index in [4.69, 9.17) is 11.6 Å². The number of rotatable bonds is 3. The van der Waals surface area contributed by atoms with Crippen LogP contribution in [0.3, 0.4) is 0 Å². The lowest BCUT2D eigenvalue weighted by Crippen LogP contribution is -2.32.